The fourth-order valence-corrected chi connectivity index (χ4v) is 2.18. The average Bonchev–Trinajstić information content (AvgIpc) is 2.31. The third-order valence-corrected chi connectivity index (χ3v) is 3.02. The highest BCUT2D eigenvalue weighted by Gasteiger charge is 2.12. The molecule has 0 unspecified atom stereocenters. The third kappa shape index (κ3) is 1.16. The van der Waals surface area contributed by atoms with Gasteiger partial charge in [-0.2, -0.15) is 4.40 Å². The van der Waals surface area contributed by atoms with Crippen LogP contribution >= 0.6 is 0 Å². The number of pyridine rings is 2. The maximum atomic E-state index is 9.85. The van der Waals surface area contributed by atoms with Crippen molar-refractivity contribution in [3.8, 4) is 5.75 Å². The fraction of sp³-hybridized carbons (Fsp3) is 0.0714. The van der Waals surface area contributed by atoms with E-state index in [-0.39, 0.29) is 0 Å². The monoisotopic (exact) mass is 210 g/mol. The van der Waals surface area contributed by atoms with E-state index in [9.17, 15) is 5.11 Å². The molecular weight excluding hydrogens is 198 g/mol. The molecule has 0 atom stereocenters. The molecular formula is C14H12NO+. The summed E-state index contributed by atoms with van der Waals surface area (Å²) in [5.74, 6) is 0.340. The molecule has 0 aliphatic rings. The van der Waals surface area contributed by atoms with E-state index in [0.717, 1.165) is 22.0 Å². The summed E-state index contributed by atoms with van der Waals surface area (Å²) < 4.78 is 2.13. The number of nitrogens with zero attached hydrogens (tertiary/aromatic N) is 1. The van der Waals surface area contributed by atoms with Gasteiger partial charge in [0.15, 0.2) is 11.9 Å². The van der Waals surface area contributed by atoms with Gasteiger partial charge < -0.3 is 5.11 Å². The van der Waals surface area contributed by atoms with Crippen molar-refractivity contribution in [2.24, 2.45) is 0 Å². The summed E-state index contributed by atoms with van der Waals surface area (Å²) in [7, 11) is 0. The Bertz CT molecular complexity index is 689. The van der Waals surface area contributed by atoms with E-state index in [1.54, 1.807) is 6.07 Å². The van der Waals surface area contributed by atoms with Crippen LogP contribution < -0.4 is 4.40 Å². The largest absolute Gasteiger partial charge is 0.507 e. The lowest BCUT2D eigenvalue weighted by molar-refractivity contribution is -0.518. The van der Waals surface area contributed by atoms with Crippen molar-refractivity contribution in [3.63, 3.8) is 0 Å². The molecule has 16 heavy (non-hydrogen) atoms. The van der Waals surface area contributed by atoms with Crippen LogP contribution in [0.5, 0.6) is 5.75 Å². The van der Waals surface area contributed by atoms with E-state index >= 15 is 0 Å². The Morgan fingerprint density at radius 3 is 2.75 bits per heavy atom. The first-order chi connectivity index (χ1) is 7.77. The normalized spacial score (nSPS) is 11.1. The second-order valence-electron chi connectivity index (χ2n) is 3.96. The first-order valence-corrected chi connectivity index (χ1v) is 5.29. The van der Waals surface area contributed by atoms with E-state index in [1.165, 1.54) is 0 Å². The van der Waals surface area contributed by atoms with Crippen molar-refractivity contribution in [3.05, 3.63) is 54.4 Å². The number of hydrogen-bond donors (Lipinski definition) is 1. The summed E-state index contributed by atoms with van der Waals surface area (Å²) in [5, 5.41) is 11.8. The summed E-state index contributed by atoms with van der Waals surface area (Å²) in [5.41, 5.74) is 2.23. The molecule has 0 spiro atoms. The third-order valence-electron chi connectivity index (χ3n) is 3.02. The molecule has 0 radical (unpaired) electrons. The molecule has 3 aromatic rings. The van der Waals surface area contributed by atoms with E-state index in [2.05, 4.69) is 11.3 Å². The summed E-state index contributed by atoms with van der Waals surface area (Å²) in [4.78, 5) is 0. The lowest BCUT2D eigenvalue weighted by atomic mass is 10.1. The molecule has 0 saturated carbocycles. The molecule has 3 rings (SSSR count). The molecule has 0 bridgehead atoms. The van der Waals surface area contributed by atoms with Crippen molar-refractivity contribution < 1.29 is 9.51 Å². The average molecular weight is 210 g/mol. The number of phenols is 1. The number of aromatic nitrogens is 1. The topological polar surface area (TPSA) is 24.3 Å². The standard InChI is InChI=1S/C14H11NO/c1-10-12-6-4-7-14(16)13(12)9-11-5-2-3-8-15(10)11/h2-9H,1H3/p+1. The summed E-state index contributed by atoms with van der Waals surface area (Å²) in [6.45, 7) is 2.06. The second kappa shape index (κ2) is 3.20. The van der Waals surface area contributed by atoms with Crippen LogP contribution in [0.3, 0.4) is 0 Å². The van der Waals surface area contributed by atoms with Crippen LogP contribution in [0.2, 0.25) is 0 Å². The first-order valence-electron chi connectivity index (χ1n) is 5.29. The summed E-state index contributed by atoms with van der Waals surface area (Å²) in [6, 6.07) is 13.7. The van der Waals surface area contributed by atoms with Gasteiger partial charge in [0.05, 0.1) is 5.39 Å². The Balaban J connectivity index is 2.61. The second-order valence-corrected chi connectivity index (χ2v) is 3.96. The Morgan fingerprint density at radius 1 is 1.00 bits per heavy atom. The highest BCUT2D eigenvalue weighted by atomic mass is 16.3. The van der Waals surface area contributed by atoms with Crippen molar-refractivity contribution >= 4 is 16.3 Å². The smallest absolute Gasteiger partial charge is 0.211 e. The number of benzene rings is 1. The van der Waals surface area contributed by atoms with Gasteiger partial charge in [-0.3, -0.25) is 0 Å². The van der Waals surface area contributed by atoms with Gasteiger partial charge in [-0.05, 0) is 18.2 Å². The van der Waals surface area contributed by atoms with Crippen molar-refractivity contribution in [1.29, 1.82) is 0 Å². The van der Waals surface area contributed by atoms with Gasteiger partial charge in [-0.1, -0.05) is 6.07 Å². The molecule has 2 heterocycles. The fourth-order valence-electron chi connectivity index (χ4n) is 2.18. The Hall–Kier alpha value is -2.09. The van der Waals surface area contributed by atoms with Crippen LogP contribution in [0.25, 0.3) is 16.3 Å². The minimum atomic E-state index is 0.340. The Kier molecular flexibility index (Phi) is 1.83. The predicted molar refractivity (Wildman–Crippen MR) is 63.5 cm³/mol. The zero-order valence-corrected chi connectivity index (χ0v) is 9.01. The Morgan fingerprint density at radius 2 is 1.88 bits per heavy atom. The number of fused-ring (bicyclic) bond motifs is 2. The van der Waals surface area contributed by atoms with Gasteiger partial charge >= 0.3 is 0 Å². The predicted octanol–water partition coefficient (Wildman–Crippen LogP) is 2.59. The number of aromatic hydroxyl groups is 1. The maximum Gasteiger partial charge on any atom is 0.211 e. The SMILES string of the molecule is Cc1c2cccc(O)c2cc2cccc[n+]12. The van der Waals surface area contributed by atoms with Crippen molar-refractivity contribution in [2.75, 3.05) is 0 Å². The van der Waals surface area contributed by atoms with Crippen molar-refractivity contribution in [2.45, 2.75) is 6.92 Å². The van der Waals surface area contributed by atoms with Gasteiger partial charge in [-0.15, -0.1) is 0 Å². The summed E-state index contributed by atoms with van der Waals surface area (Å²) in [6.07, 6.45) is 2.04. The minimum Gasteiger partial charge on any atom is -0.507 e. The molecule has 1 aromatic carbocycles. The van der Waals surface area contributed by atoms with Crippen LogP contribution in [0, 0.1) is 6.92 Å². The van der Waals surface area contributed by atoms with E-state index in [0.29, 0.717) is 5.75 Å². The van der Waals surface area contributed by atoms with Gasteiger partial charge in [0, 0.05) is 30.5 Å². The van der Waals surface area contributed by atoms with Gasteiger partial charge in [0.25, 0.3) is 0 Å². The van der Waals surface area contributed by atoms with Gasteiger partial charge in [-0.25, -0.2) is 0 Å². The van der Waals surface area contributed by atoms with E-state index in [4.69, 9.17) is 0 Å². The molecule has 2 aromatic heterocycles. The lowest BCUT2D eigenvalue weighted by Gasteiger charge is -2.02. The lowest BCUT2D eigenvalue weighted by Crippen LogP contribution is -2.25. The maximum absolute atomic E-state index is 9.85. The number of rotatable bonds is 0. The quantitative estimate of drug-likeness (QED) is 0.447. The zero-order chi connectivity index (χ0) is 11.1. The highest BCUT2D eigenvalue weighted by Crippen LogP contribution is 2.25. The van der Waals surface area contributed by atoms with Crippen LogP contribution in [-0.2, 0) is 0 Å². The number of phenolic OH excluding ortho intramolecular Hbond substituents is 1. The molecule has 2 nitrogen and oxygen atoms in total. The molecule has 78 valence electrons. The summed E-state index contributed by atoms with van der Waals surface area (Å²) >= 11 is 0. The highest BCUT2D eigenvalue weighted by molar-refractivity contribution is 5.91. The first kappa shape index (κ1) is 9.16. The van der Waals surface area contributed by atoms with E-state index in [1.807, 2.05) is 42.6 Å². The molecule has 0 amide bonds. The van der Waals surface area contributed by atoms with E-state index < -0.39 is 0 Å². The molecule has 1 N–H and O–H groups in total. The molecule has 0 saturated heterocycles. The molecule has 0 aliphatic carbocycles. The van der Waals surface area contributed by atoms with Gasteiger partial charge in [0.1, 0.15) is 5.75 Å². The minimum absolute atomic E-state index is 0.340. The molecule has 0 fully saturated rings. The molecule has 2 heteroatoms. The van der Waals surface area contributed by atoms with Crippen LogP contribution in [0.1, 0.15) is 5.69 Å². The van der Waals surface area contributed by atoms with Gasteiger partial charge in [0.2, 0.25) is 5.52 Å². The zero-order valence-electron chi connectivity index (χ0n) is 9.01. The number of hydrogen-bond acceptors (Lipinski definition) is 1. The van der Waals surface area contributed by atoms with Crippen molar-refractivity contribution in [1.82, 2.24) is 0 Å². The van der Waals surface area contributed by atoms with Crippen LogP contribution in [0.15, 0.2) is 48.7 Å². The number of aryl methyl sites for hydroxylation is 1. The van der Waals surface area contributed by atoms with Crippen LogP contribution in [-0.4, -0.2) is 5.11 Å². The Labute approximate surface area is 93.4 Å². The van der Waals surface area contributed by atoms with Crippen LogP contribution in [0.4, 0.5) is 0 Å². The molecule has 0 aliphatic heterocycles.